The first-order chi connectivity index (χ1) is 19.2. The van der Waals surface area contributed by atoms with Gasteiger partial charge in [0, 0.05) is 47.3 Å². The summed E-state index contributed by atoms with van der Waals surface area (Å²) in [7, 11) is 3.27. The Kier molecular flexibility index (Phi) is 7.49. The maximum atomic E-state index is 13.4. The number of pyridine rings is 1. The number of benzene rings is 2. The minimum atomic E-state index is -2.79. The topological polar surface area (TPSA) is 96.8 Å². The Morgan fingerprint density at radius 1 is 1.07 bits per heavy atom. The molecule has 0 saturated heterocycles. The third-order valence-corrected chi connectivity index (χ3v) is 6.89. The number of fused-ring (bicyclic) bond motifs is 1. The van der Waals surface area contributed by atoms with Crippen molar-refractivity contribution in [2.45, 2.75) is 32.2 Å². The number of carbonyl (C=O) groups is 1. The molecule has 0 bridgehead atoms. The van der Waals surface area contributed by atoms with Gasteiger partial charge in [0.15, 0.2) is 5.78 Å². The largest absolute Gasteiger partial charge is 0.495 e. The van der Waals surface area contributed by atoms with Gasteiger partial charge in [-0.1, -0.05) is 29.8 Å². The van der Waals surface area contributed by atoms with Crippen LogP contribution in [0.15, 0.2) is 65.8 Å². The van der Waals surface area contributed by atoms with Crippen LogP contribution in [0.5, 0.6) is 5.75 Å². The third-order valence-electron chi connectivity index (χ3n) is 6.65. The molecule has 3 aromatic heterocycles. The highest BCUT2D eigenvalue weighted by Crippen LogP contribution is 2.36. The van der Waals surface area contributed by atoms with Gasteiger partial charge in [-0.15, -0.1) is 5.10 Å². The van der Waals surface area contributed by atoms with Crippen molar-refractivity contribution in [3.63, 3.8) is 0 Å². The van der Waals surface area contributed by atoms with E-state index < -0.39 is 23.7 Å². The highest BCUT2D eigenvalue weighted by molar-refractivity contribution is 6.31. The SMILES string of the molecule is CCC(C(=O)Cc1ccc2nn(C)cc2c1)n1cc(OC)c(-c2cc(Cl)ccc2-n2cc(C(F)F)nn2)cc1=O. The van der Waals surface area contributed by atoms with E-state index in [4.69, 9.17) is 16.3 Å². The molecule has 9 nitrogen and oxygen atoms in total. The number of Topliss-reactive ketones (excluding diaryl/α,β-unsaturated/α-hetero) is 1. The average molecular weight is 567 g/mol. The van der Waals surface area contributed by atoms with Crippen LogP contribution in [-0.4, -0.2) is 42.2 Å². The first kappa shape index (κ1) is 27.2. The fourth-order valence-corrected chi connectivity index (χ4v) is 4.94. The Morgan fingerprint density at radius 3 is 2.58 bits per heavy atom. The molecule has 1 unspecified atom stereocenters. The zero-order valence-electron chi connectivity index (χ0n) is 21.9. The van der Waals surface area contributed by atoms with E-state index in [1.54, 1.807) is 22.9 Å². The number of rotatable bonds is 9. The summed E-state index contributed by atoms with van der Waals surface area (Å²) >= 11 is 6.27. The molecule has 0 saturated carbocycles. The van der Waals surface area contributed by atoms with Crippen molar-refractivity contribution < 1.29 is 18.3 Å². The summed E-state index contributed by atoms with van der Waals surface area (Å²) in [6, 6.07) is 11.0. The number of aryl methyl sites for hydroxylation is 1. The molecular formula is C28H25ClF2N6O3. The van der Waals surface area contributed by atoms with Crippen LogP contribution in [0.1, 0.15) is 37.1 Å². The fourth-order valence-electron chi connectivity index (χ4n) is 4.77. The van der Waals surface area contributed by atoms with Crippen LogP contribution in [0.4, 0.5) is 8.78 Å². The van der Waals surface area contributed by atoms with Crippen molar-refractivity contribution >= 4 is 28.3 Å². The summed E-state index contributed by atoms with van der Waals surface area (Å²) in [5, 5.41) is 13.0. The summed E-state index contributed by atoms with van der Waals surface area (Å²) in [6.45, 7) is 1.83. The van der Waals surface area contributed by atoms with E-state index in [0.717, 1.165) is 22.7 Å². The smallest absolute Gasteiger partial charge is 0.283 e. The normalized spacial score (nSPS) is 12.3. The standard InChI is InChI=1S/C28H25ClF2N6O3/c1-4-23(25(38)10-16-5-7-21-17(9-16)13-35(2)33-21)36-15-26(40-3)20(12-27(36)39)19-11-18(29)6-8-24(19)37-14-22(28(30)31)32-34-37/h5-9,11-15,23,28H,4,10H2,1-3H3. The first-order valence-electron chi connectivity index (χ1n) is 12.4. The number of ketones is 1. The lowest BCUT2D eigenvalue weighted by molar-refractivity contribution is -0.121. The molecule has 40 heavy (non-hydrogen) atoms. The number of carbonyl (C=O) groups excluding carboxylic acids is 1. The van der Waals surface area contributed by atoms with Crippen LogP contribution in [0.3, 0.4) is 0 Å². The van der Waals surface area contributed by atoms with E-state index in [9.17, 15) is 18.4 Å². The van der Waals surface area contributed by atoms with Gasteiger partial charge < -0.3 is 9.30 Å². The van der Waals surface area contributed by atoms with Gasteiger partial charge in [0.05, 0.1) is 36.7 Å². The highest BCUT2D eigenvalue weighted by Gasteiger charge is 2.24. The van der Waals surface area contributed by atoms with Crippen LogP contribution in [0.2, 0.25) is 5.02 Å². The molecule has 0 N–H and O–H groups in total. The summed E-state index contributed by atoms with van der Waals surface area (Å²) in [5.41, 5.74) is 1.88. The van der Waals surface area contributed by atoms with Crippen LogP contribution in [-0.2, 0) is 18.3 Å². The van der Waals surface area contributed by atoms with Crippen LogP contribution in [0.25, 0.3) is 27.7 Å². The Labute approximate surface area is 232 Å². The first-order valence-corrected chi connectivity index (χ1v) is 12.8. The van der Waals surface area contributed by atoms with E-state index >= 15 is 0 Å². The quantitative estimate of drug-likeness (QED) is 0.239. The molecule has 0 radical (unpaired) electrons. The van der Waals surface area contributed by atoms with Crippen molar-refractivity contribution in [3.8, 4) is 22.6 Å². The van der Waals surface area contributed by atoms with Crippen molar-refractivity contribution in [1.29, 1.82) is 0 Å². The highest BCUT2D eigenvalue weighted by atomic mass is 35.5. The molecule has 206 valence electrons. The molecule has 5 rings (SSSR count). The number of hydrogen-bond acceptors (Lipinski definition) is 6. The lowest BCUT2D eigenvalue weighted by Gasteiger charge is -2.20. The number of halogens is 3. The van der Waals surface area contributed by atoms with Crippen molar-refractivity contribution in [3.05, 3.63) is 87.7 Å². The Hall–Kier alpha value is -4.38. The molecule has 0 spiro atoms. The van der Waals surface area contributed by atoms with E-state index in [-0.39, 0.29) is 12.2 Å². The van der Waals surface area contributed by atoms with E-state index in [1.165, 1.54) is 28.6 Å². The van der Waals surface area contributed by atoms with Gasteiger partial charge in [0.2, 0.25) is 0 Å². The molecule has 3 heterocycles. The van der Waals surface area contributed by atoms with E-state index in [1.807, 2.05) is 38.4 Å². The summed E-state index contributed by atoms with van der Waals surface area (Å²) in [5.74, 6) is 0.161. The Morgan fingerprint density at radius 2 is 1.88 bits per heavy atom. The third kappa shape index (κ3) is 5.24. The second-order valence-corrected chi connectivity index (χ2v) is 9.75. The zero-order chi connectivity index (χ0) is 28.6. The predicted octanol–water partition coefficient (Wildman–Crippen LogP) is 5.35. The van der Waals surface area contributed by atoms with Gasteiger partial charge in [-0.3, -0.25) is 14.3 Å². The minimum Gasteiger partial charge on any atom is -0.495 e. The predicted molar refractivity (Wildman–Crippen MR) is 146 cm³/mol. The molecule has 0 fully saturated rings. The van der Waals surface area contributed by atoms with Crippen LogP contribution < -0.4 is 10.3 Å². The molecule has 0 aliphatic heterocycles. The van der Waals surface area contributed by atoms with Gasteiger partial charge in [-0.2, -0.15) is 5.10 Å². The maximum absolute atomic E-state index is 13.4. The Bertz CT molecular complexity index is 1780. The Balaban J connectivity index is 1.52. The van der Waals surface area contributed by atoms with E-state index in [2.05, 4.69) is 15.4 Å². The molecular weight excluding hydrogens is 542 g/mol. The molecule has 0 aliphatic carbocycles. The zero-order valence-corrected chi connectivity index (χ0v) is 22.6. The van der Waals surface area contributed by atoms with Gasteiger partial charge in [-0.25, -0.2) is 13.5 Å². The number of aromatic nitrogens is 6. The summed E-state index contributed by atoms with van der Waals surface area (Å²) < 4.78 is 36.2. The monoisotopic (exact) mass is 566 g/mol. The maximum Gasteiger partial charge on any atom is 0.283 e. The fraction of sp³-hybridized carbons (Fsp3) is 0.250. The van der Waals surface area contributed by atoms with Crippen LogP contribution >= 0.6 is 11.6 Å². The minimum absolute atomic E-state index is 0.131. The van der Waals surface area contributed by atoms with Crippen molar-refractivity contribution in [2.75, 3.05) is 7.11 Å². The van der Waals surface area contributed by atoms with Crippen molar-refractivity contribution in [2.24, 2.45) is 7.05 Å². The summed E-state index contributed by atoms with van der Waals surface area (Å²) in [4.78, 5) is 26.8. The van der Waals surface area contributed by atoms with Gasteiger partial charge in [0.1, 0.15) is 11.4 Å². The second-order valence-electron chi connectivity index (χ2n) is 9.31. The molecule has 1 atom stereocenters. The van der Waals surface area contributed by atoms with Gasteiger partial charge >= 0.3 is 0 Å². The number of ether oxygens (including phenoxy) is 1. The van der Waals surface area contributed by atoms with Gasteiger partial charge in [0.25, 0.3) is 12.0 Å². The molecule has 5 aromatic rings. The van der Waals surface area contributed by atoms with Crippen LogP contribution in [0, 0.1) is 0 Å². The summed E-state index contributed by atoms with van der Waals surface area (Å²) in [6.07, 6.45) is 2.21. The number of alkyl halides is 2. The number of methoxy groups -OCH3 is 1. The molecule has 0 aliphatic rings. The van der Waals surface area contributed by atoms with E-state index in [0.29, 0.717) is 34.0 Å². The molecule has 2 aromatic carbocycles. The number of nitrogens with zero attached hydrogens (tertiary/aromatic N) is 6. The van der Waals surface area contributed by atoms with Crippen molar-refractivity contribution in [1.82, 2.24) is 29.3 Å². The lowest BCUT2D eigenvalue weighted by Crippen LogP contribution is -2.30. The second kappa shape index (κ2) is 11.0. The average Bonchev–Trinajstić information content (AvgIpc) is 3.56. The lowest BCUT2D eigenvalue weighted by atomic mass is 9.99. The molecule has 0 amide bonds. The number of hydrogen-bond donors (Lipinski definition) is 0. The molecule has 12 heteroatoms. The van der Waals surface area contributed by atoms with Gasteiger partial charge in [-0.05, 0) is 42.3 Å².